The number of aryl methyl sites for hydroxylation is 6. The second-order valence-corrected chi connectivity index (χ2v) is 25.3. The van der Waals surface area contributed by atoms with Gasteiger partial charge in [0.1, 0.15) is 0 Å². The summed E-state index contributed by atoms with van der Waals surface area (Å²) >= 11 is 3.96. The number of hydrogen-bond donors (Lipinski definition) is 1. The van der Waals surface area contributed by atoms with Gasteiger partial charge in [0.15, 0.2) is 0 Å². The lowest BCUT2D eigenvalue weighted by Gasteiger charge is -2.14. The molecule has 458 valence electrons. The molecule has 0 amide bonds. The molecule has 0 bridgehead atoms. The van der Waals surface area contributed by atoms with Crippen molar-refractivity contribution in [2.45, 2.75) is 234 Å². The highest BCUT2D eigenvalue weighted by atomic mass is 79.9. The van der Waals surface area contributed by atoms with Gasteiger partial charge in [-0.05, 0) is 184 Å². The van der Waals surface area contributed by atoms with E-state index in [0.29, 0.717) is 5.56 Å². The van der Waals surface area contributed by atoms with Crippen molar-refractivity contribution in [2.75, 3.05) is 0 Å². The quantitative estimate of drug-likeness (QED) is 0.0307. The molecule has 2 nitrogen and oxygen atoms in total. The van der Waals surface area contributed by atoms with Crippen molar-refractivity contribution in [1.29, 1.82) is 0 Å². The molecule has 0 spiro atoms. The largest absolute Gasteiger partial charge is 0.478 e. The number of benzene rings is 6. The van der Waals surface area contributed by atoms with Crippen molar-refractivity contribution in [2.24, 2.45) is 0 Å². The van der Waals surface area contributed by atoms with Crippen LogP contribution in [-0.2, 0) is 38.5 Å². The van der Waals surface area contributed by atoms with Gasteiger partial charge >= 0.3 is 5.97 Å². The molecule has 0 saturated heterocycles. The van der Waals surface area contributed by atoms with Crippen LogP contribution in [0, 0.1) is 0 Å². The van der Waals surface area contributed by atoms with Crippen molar-refractivity contribution in [3.05, 3.63) is 208 Å². The molecule has 0 unspecified atom stereocenters. The number of aromatic carboxylic acids is 1. The summed E-state index contributed by atoms with van der Waals surface area (Å²) in [7, 11) is 0. The number of hydrogen-bond acceptors (Lipinski definition) is 1. The van der Waals surface area contributed by atoms with Crippen LogP contribution < -0.4 is 0 Å². The third kappa shape index (κ3) is 24.6. The van der Waals surface area contributed by atoms with E-state index >= 15 is 0 Å². The summed E-state index contributed by atoms with van der Waals surface area (Å²) in [6.45, 7) is 13.8. The van der Waals surface area contributed by atoms with E-state index in [0.717, 1.165) is 44.1 Å². The molecule has 0 aliphatic carbocycles. The third-order valence-electron chi connectivity index (χ3n) is 17.2. The zero-order chi connectivity index (χ0) is 61.0. The molecule has 86 heavy (non-hydrogen) atoms. The Morgan fingerprint density at radius 3 is 0.733 bits per heavy atom. The van der Waals surface area contributed by atoms with Gasteiger partial charge in [-0.15, -0.1) is 0 Å². The van der Waals surface area contributed by atoms with Crippen LogP contribution in [0.25, 0.3) is 60.8 Å². The summed E-state index contributed by atoms with van der Waals surface area (Å²) in [4.78, 5) is 11.5. The minimum absolute atomic E-state index is 0.312. The van der Waals surface area contributed by atoms with Gasteiger partial charge in [0.25, 0.3) is 0 Å². The van der Waals surface area contributed by atoms with Crippen molar-refractivity contribution in [1.82, 2.24) is 0 Å². The van der Waals surface area contributed by atoms with E-state index in [4.69, 9.17) is 0 Å². The van der Waals surface area contributed by atoms with Gasteiger partial charge in [0, 0.05) is 4.47 Å². The van der Waals surface area contributed by atoms with E-state index < -0.39 is 5.97 Å². The smallest absolute Gasteiger partial charge is 0.335 e. The number of carboxylic acid groups (broad SMARTS) is 1. The SMILES string of the molecule is CCCCCCc1cc(/C=C/c2ccc(/C=C/c3cc(CCCCCC)c(/C=C/c4ccc(/C=C/c5cc(CCCCCC)c(/C=C/c6ccc(C(=O)O)cc6)cc5CCCCCC)cc4)cc3CCCCCC)cc2)c(CCCCCC)cc1Br. The molecule has 0 heterocycles. The van der Waals surface area contributed by atoms with Crippen molar-refractivity contribution in [3.8, 4) is 0 Å². The van der Waals surface area contributed by atoms with Gasteiger partial charge < -0.3 is 5.11 Å². The Balaban J connectivity index is 1.24. The fourth-order valence-electron chi connectivity index (χ4n) is 11.7. The Bertz CT molecular complexity index is 3070. The van der Waals surface area contributed by atoms with Crippen molar-refractivity contribution >= 4 is 82.7 Å². The number of rotatable bonds is 41. The van der Waals surface area contributed by atoms with Gasteiger partial charge in [-0.25, -0.2) is 4.79 Å². The average Bonchev–Trinajstić information content (AvgIpc) is 3.73. The molecular weight excluding hydrogens is 1110 g/mol. The van der Waals surface area contributed by atoms with Crippen LogP contribution in [0.1, 0.15) is 295 Å². The predicted octanol–water partition coefficient (Wildman–Crippen LogP) is 25.7. The number of carbonyl (C=O) groups is 1. The molecule has 0 aliphatic heterocycles. The lowest BCUT2D eigenvalue weighted by atomic mass is 9.91. The Morgan fingerprint density at radius 2 is 0.500 bits per heavy atom. The van der Waals surface area contributed by atoms with Crippen LogP contribution >= 0.6 is 15.9 Å². The van der Waals surface area contributed by atoms with E-state index in [1.807, 2.05) is 12.1 Å². The maximum absolute atomic E-state index is 11.5. The van der Waals surface area contributed by atoms with E-state index in [1.54, 1.807) is 12.1 Å². The van der Waals surface area contributed by atoms with Gasteiger partial charge in [0.2, 0.25) is 0 Å². The summed E-state index contributed by atoms with van der Waals surface area (Å²) in [5.41, 5.74) is 21.4. The number of carboxylic acids is 1. The second kappa shape index (κ2) is 40.4. The highest BCUT2D eigenvalue weighted by Crippen LogP contribution is 2.31. The van der Waals surface area contributed by atoms with Gasteiger partial charge in [-0.1, -0.05) is 325 Å². The summed E-state index contributed by atoms with van der Waals surface area (Å²) in [5.74, 6) is -0.896. The van der Waals surface area contributed by atoms with Gasteiger partial charge in [-0.3, -0.25) is 0 Å². The summed E-state index contributed by atoms with van der Waals surface area (Å²) < 4.78 is 1.28. The first-order chi connectivity index (χ1) is 42.1. The lowest BCUT2D eigenvalue weighted by Crippen LogP contribution is -1.98. The van der Waals surface area contributed by atoms with Crippen molar-refractivity contribution < 1.29 is 9.90 Å². The molecule has 0 fully saturated rings. The minimum Gasteiger partial charge on any atom is -0.478 e. The van der Waals surface area contributed by atoms with E-state index in [1.165, 1.54) is 242 Å². The second-order valence-electron chi connectivity index (χ2n) is 24.4. The normalized spacial score (nSPS) is 12.0. The zero-order valence-electron chi connectivity index (χ0n) is 54.1. The highest BCUT2D eigenvalue weighted by Gasteiger charge is 2.13. The van der Waals surface area contributed by atoms with Crippen LogP contribution in [0.15, 0.2) is 114 Å². The number of halogens is 1. The van der Waals surface area contributed by atoms with Crippen LogP contribution in [0.5, 0.6) is 0 Å². The fourth-order valence-corrected chi connectivity index (χ4v) is 12.3. The van der Waals surface area contributed by atoms with Crippen LogP contribution in [0.3, 0.4) is 0 Å². The maximum atomic E-state index is 11.5. The van der Waals surface area contributed by atoms with Crippen LogP contribution in [0.2, 0.25) is 0 Å². The molecule has 6 aromatic rings. The standard InChI is InChI=1S/C83H107BrO2/c1-7-13-19-25-31-71-60-77(55-49-67-41-43-68(44-42-67)50-58-80-63-81(36-30-24-18-12-6)82(84)64-75(80)35-29-23-17-11-5)72(32-26-20-14-8-2)59-76(71)54-47-65-37-39-66(40-38-65)48-56-78-61-74(34-28-22-16-10-4)79(62-73(78)33-27-21-15-9-3)57-51-69-45-52-70(53-46-69)83(85)86/h37-64H,7-36H2,1-6H3,(H,85,86)/b54-47+,55-49+,56-48+,57-51+,58-50+. The summed E-state index contributed by atoms with van der Waals surface area (Å²) in [6, 6.07) is 40.3. The molecule has 6 rings (SSSR count). The zero-order valence-corrected chi connectivity index (χ0v) is 55.7. The van der Waals surface area contributed by atoms with Crippen LogP contribution in [0.4, 0.5) is 0 Å². The molecule has 3 heteroatoms. The van der Waals surface area contributed by atoms with E-state index in [-0.39, 0.29) is 0 Å². The minimum atomic E-state index is -0.896. The Labute approximate surface area is 531 Å². The molecule has 0 radical (unpaired) electrons. The lowest BCUT2D eigenvalue weighted by molar-refractivity contribution is 0.0697. The molecule has 0 aliphatic rings. The Hall–Kier alpha value is -6.03. The topological polar surface area (TPSA) is 37.3 Å². The number of unbranched alkanes of at least 4 members (excludes halogenated alkanes) is 18. The summed E-state index contributed by atoms with van der Waals surface area (Å²) in [6.07, 6.45) is 59.6. The van der Waals surface area contributed by atoms with Gasteiger partial charge in [0.05, 0.1) is 5.56 Å². The molecule has 6 aromatic carbocycles. The fraction of sp³-hybridized carbons (Fsp3) is 0.434. The van der Waals surface area contributed by atoms with E-state index in [9.17, 15) is 9.90 Å². The first kappa shape index (κ1) is 69.1. The Morgan fingerprint density at radius 1 is 0.291 bits per heavy atom. The molecule has 0 aromatic heterocycles. The monoisotopic (exact) mass is 1210 g/mol. The molecule has 1 N–H and O–H groups in total. The predicted molar refractivity (Wildman–Crippen MR) is 385 cm³/mol. The molecule has 0 saturated carbocycles. The molecular formula is C83H107BrO2. The average molecular weight is 1220 g/mol. The first-order valence-corrected chi connectivity index (χ1v) is 35.0. The van der Waals surface area contributed by atoms with Gasteiger partial charge in [-0.2, -0.15) is 0 Å². The maximum Gasteiger partial charge on any atom is 0.335 e. The Kier molecular flexibility index (Phi) is 32.5. The highest BCUT2D eigenvalue weighted by molar-refractivity contribution is 9.10. The van der Waals surface area contributed by atoms with E-state index in [2.05, 4.69) is 203 Å². The summed E-state index contributed by atoms with van der Waals surface area (Å²) in [5, 5.41) is 9.46. The van der Waals surface area contributed by atoms with Crippen LogP contribution in [-0.4, -0.2) is 11.1 Å². The molecule has 0 atom stereocenters. The first-order valence-electron chi connectivity index (χ1n) is 34.2. The van der Waals surface area contributed by atoms with Crippen molar-refractivity contribution in [3.63, 3.8) is 0 Å². The third-order valence-corrected chi connectivity index (χ3v) is 18.0.